The van der Waals surface area contributed by atoms with Crippen molar-refractivity contribution in [1.82, 2.24) is 4.90 Å². The number of methoxy groups -OCH3 is 1. The third-order valence-corrected chi connectivity index (χ3v) is 3.70. The number of rotatable bonds is 4. The lowest BCUT2D eigenvalue weighted by Gasteiger charge is -2.23. The first-order valence-corrected chi connectivity index (χ1v) is 6.72. The SMILES string of the molecule is COC1CCN(C(C)C(=O)Nc2cccc(C#N)c2)C1. The topological polar surface area (TPSA) is 65.4 Å². The summed E-state index contributed by atoms with van der Waals surface area (Å²) < 4.78 is 5.31. The third kappa shape index (κ3) is 3.35. The van der Waals surface area contributed by atoms with Gasteiger partial charge in [0.15, 0.2) is 0 Å². The summed E-state index contributed by atoms with van der Waals surface area (Å²) in [5, 5.41) is 11.7. The van der Waals surface area contributed by atoms with Crippen LogP contribution in [-0.4, -0.2) is 43.2 Å². The highest BCUT2D eigenvalue weighted by Gasteiger charge is 2.29. The predicted molar refractivity (Wildman–Crippen MR) is 76.2 cm³/mol. The minimum Gasteiger partial charge on any atom is -0.380 e. The van der Waals surface area contributed by atoms with Crippen molar-refractivity contribution in [2.24, 2.45) is 0 Å². The lowest BCUT2D eigenvalue weighted by atomic mass is 10.2. The molecule has 0 bridgehead atoms. The number of nitrogens with zero attached hydrogens (tertiary/aromatic N) is 2. The molecule has 20 heavy (non-hydrogen) atoms. The molecule has 1 aromatic carbocycles. The number of nitrogens with one attached hydrogen (secondary N) is 1. The average Bonchev–Trinajstić information content (AvgIpc) is 2.95. The van der Waals surface area contributed by atoms with Crippen molar-refractivity contribution in [3.8, 4) is 6.07 Å². The first kappa shape index (κ1) is 14.5. The smallest absolute Gasteiger partial charge is 0.241 e. The Labute approximate surface area is 119 Å². The molecule has 5 heteroatoms. The van der Waals surface area contributed by atoms with Gasteiger partial charge in [-0.2, -0.15) is 5.26 Å². The van der Waals surface area contributed by atoms with Crippen LogP contribution < -0.4 is 5.32 Å². The quantitative estimate of drug-likeness (QED) is 0.905. The monoisotopic (exact) mass is 273 g/mol. The van der Waals surface area contributed by atoms with E-state index in [4.69, 9.17) is 10.00 Å². The zero-order chi connectivity index (χ0) is 14.5. The third-order valence-electron chi connectivity index (χ3n) is 3.70. The van der Waals surface area contributed by atoms with E-state index in [1.165, 1.54) is 0 Å². The van der Waals surface area contributed by atoms with Crippen molar-refractivity contribution in [3.05, 3.63) is 29.8 Å². The molecular weight excluding hydrogens is 254 g/mol. The van der Waals surface area contributed by atoms with Crippen molar-refractivity contribution in [2.45, 2.75) is 25.5 Å². The molecule has 0 aromatic heterocycles. The largest absolute Gasteiger partial charge is 0.380 e. The summed E-state index contributed by atoms with van der Waals surface area (Å²) >= 11 is 0. The van der Waals surface area contributed by atoms with Gasteiger partial charge in [0.05, 0.1) is 23.8 Å². The summed E-state index contributed by atoms with van der Waals surface area (Å²) in [4.78, 5) is 14.3. The molecule has 1 aliphatic heterocycles. The Kier molecular flexibility index (Phi) is 4.72. The van der Waals surface area contributed by atoms with Gasteiger partial charge >= 0.3 is 0 Å². The molecule has 2 atom stereocenters. The van der Waals surface area contributed by atoms with Crippen molar-refractivity contribution >= 4 is 11.6 Å². The molecule has 1 aliphatic rings. The minimum atomic E-state index is -0.208. The van der Waals surface area contributed by atoms with Crippen LogP contribution in [0.1, 0.15) is 18.9 Å². The highest BCUT2D eigenvalue weighted by molar-refractivity contribution is 5.94. The molecule has 1 saturated heterocycles. The van der Waals surface area contributed by atoms with Crippen LogP contribution in [-0.2, 0) is 9.53 Å². The number of hydrogen-bond donors (Lipinski definition) is 1. The molecule has 1 aromatic rings. The lowest BCUT2D eigenvalue weighted by molar-refractivity contribution is -0.120. The molecule has 5 nitrogen and oxygen atoms in total. The van der Waals surface area contributed by atoms with E-state index in [1.54, 1.807) is 31.4 Å². The summed E-state index contributed by atoms with van der Waals surface area (Å²) in [6.45, 7) is 3.54. The van der Waals surface area contributed by atoms with Crippen LogP contribution in [0.25, 0.3) is 0 Å². The highest BCUT2D eigenvalue weighted by atomic mass is 16.5. The van der Waals surface area contributed by atoms with Crippen LogP contribution in [0.15, 0.2) is 24.3 Å². The van der Waals surface area contributed by atoms with Gasteiger partial charge in [0, 0.05) is 25.9 Å². The maximum atomic E-state index is 12.2. The van der Waals surface area contributed by atoms with Crippen LogP contribution in [0, 0.1) is 11.3 Å². The normalized spacial score (nSPS) is 20.4. The van der Waals surface area contributed by atoms with E-state index in [0.717, 1.165) is 19.5 Å². The number of likely N-dealkylation sites (tertiary alicyclic amines) is 1. The van der Waals surface area contributed by atoms with Gasteiger partial charge in [0.1, 0.15) is 0 Å². The molecule has 2 rings (SSSR count). The maximum Gasteiger partial charge on any atom is 0.241 e. The fourth-order valence-corrected chi connectivity index (χ4v) is 2.38. The Bertz CT molecular complexity index is 524. The van der Waals surface area contributed by atoms with Crippen LogP contribution in [0.5, 0.6) is 0 Å². The van der Waals surface area contributed by atoms with Gasteiger partial charge in [-0.15, -0.1) is 0 Å². The van der Waals surface area contributed by atoms with Gasteiger partial charge in [-0.3, -0.25) is 9.69 Å². The Morgan fingerprint density at radius 3 is 3.05 bits per heavy atom. The molecule has 1 N–H and O–H groups in total. The van der Waals surface area contributed by atoms with Crippen molar-refractivity contribution in [2.75, 3.05) is 25.5 Å². The van der Waals surface area contributed by atoms with Gasteiger partial charge in [-0.25, -0.2) is 0 Å². The highest BCUT2D eigenvalue weighted by Crippen LogP contribution is 2.17. The summed E-state index contributed by atoms with van der Waals surface area (Å²) in [5.41, 5.74) is 1.19. The molecule has 106 valence electrons. The van der Waals surface area contributed by atoms with E-state index in [2.05, 4.69) is 16.3 Å². The number of anilines is 1. The molecule has 1 heterocycles. The summed E-state index contributed by atoms with van der Waals surface area (Å²) in [7, 11) is 1.70. The van der Waals surface area contributed by atoms with E-state index < -0.39 is 0 Å². The van der Waals surface area contributed by atoms with Crippen molar-refractivity contribution < 1.29 is 9.53 Å². The maximum absolute atomic E-state index is 12.2. The summed E-state index contributed by atoms with van der Waals surface area (Å²) in [6, 6.07) is 8.78. The molecular formula is C15H19N3O2. The first-order chi connectivity index (χ1) is 9.63. The van der Waals surface area contributed by atoms with E-state index in [1.807, 2.05) is 6.92 Å². The molecule has 0 saturated carbocycles. The van der Waals surface area contributed by atoms with Crippen LogP contribution >= 0.6 is 0 Å². The Morgan fingerprint density at radius 1 is 1.60 bits per heavy atom. The predicted octanol–water partition coefficient (Wildman–Crippen LogP) is 1.61. The minimum absolute atomic E-state index is 0.0585. The number of benzene rings is 1. The molecule has 0 aliphatic carbocycles. The van der Waals surface area contributed by atoms with Crippen LogP contribution in [0.3, 0.4) is 0 Å². The number of hydrogen-bond acceptors (Lipinski definition) is 4. The molecule has 2 unspecified atom stereocenters. The van der Waals surface area contributed by atoms with Crippen LogP contribution in [0.4, 0.5) is 5.69 Å². The Balaban J connectivity index is 1.96. The van der Waals surface area contributed by atoms with Crippen molar-refractivity contribution in [3.63, 3.8) is 0 Å². The number of ether oxygens (including phenoxy) is 1. The van der Waals surface area contributed by atoms with E-state index >= 15 is 0 Å². The van der Waals surface area contributed by atoms with Gasteiger partial charge in [-0.05, 0) is 31.5 Å². The fourth-order valence-electron chi connectivity index (χ4n) is 2.38. The zero-order valence-corrected chi connectivity index (χ0v) is 11.8. The average molecular weight is 273 g/mol. The number of carbonyl (C=O) groups is 1. The second-order valence-corrected chi connectivity index (χ2v) is 5.00. The van der Waals surface area contributed by atoms with Crippen molar-refractivity contribution in [1.29, 1.82) is 5.26 Å². The van der Waals surface area contributed by atoms with E-state index in [-0.39, 0.29) is 18.1 Å². The molecule has 0 radical (unpaired) electrons. The van der Waals surface area contributed by atoms with Gasteiger partial charge in [0.25, 0.3) is 0 Å². The molecule has 1 fully saturated rings. The van der Waals surface area contributed by atoms with E-state index in [9.17, 15) is 4.79 Å². The van der Waals surface area contributed by atoms with Gasteiger partial charge in [-0.1, -0.05) is 6.07 Å². The standard InChI is InChI=1S/C15H19N3O2/c1-11(18-7-6-14(10-18)20-2)15(19)17-13-5-3-4-12(8-13)9-16/h3-5,8,11,14H,6-7,10H2,1-2H3,(H,17,19). The number of nitriles is 1. The Morgan fingerprint density at radius 2 is 2.40 bits per heavy atom. The molecule has 0 spiro atoms. The first-order valence-electron chi connectivity index (χ1n) is 6.72. The van der Waals surface area contributed by atoms with Gasteiger partial charge in [0.2, 0.25) is 5.91 Å². The lowest BCUT2D eigenvalue weighted by Crippen LogP contribution is -2.41. The second kappa shape index (κ2) is 6.51. The summed E-state index contributed by atoms with van der Waals surface area (Å²) in [6.07, 6.45) is 1.17. The Hall–Kier alpha value is -1.90. The van der Waals surface area contributed by atoms with Crippen LogP contribution in [0.2, 0.25) is 0 Å². The number of amides is 1. The second-order valence-electron chi connectivity index (χ2n) is 5.00. The zero-order valence-electron chi connectivity index (χ0n) is 11.8. The van der Waals surface area contributed by atoms with E-state index in [0.29, 0.717) is 11.3 Å². The summed E-state index contributed by atoms with van der Waals surface area (Å²) in [5.74, 6) is -0.0585. The molecule has 1 amide bonds. The number of carbonyl (C=O) groups excluding carboxylic acids is 1. The fraction of sp³-hybridized carbons (Fsp3) is 0.467. The van der Waals surface area contributed by atoms with Gasteiger partial charge < -0.3 is 10.1 Å².